The zero-order valence-corrected chi connectivity index (χ0v) is 15.0. The van der Waals surface area contributed by atoms with Crippen LogP contribution in [0.25, 0.3) is 0 Å². The molecule has 1 aromatic heterocycles. The predicted octanol–water partition coefficient (Wildman–Crippen LogP) is 1.64. The Bertz CT molecular complexity index is 793. The molecule has 24 heavy (non-hydrogen) atoms. The van der Waals surface area contributed by atoms with Gasteiger partial charge in [0.2, 0.25) is 21.1 Å². The van der Waals surface area contributed by atoms with E-state index in [1.807, 2.05) is 0 Å². The summed E-state index contributed by atoms with van der Waals surface area (Å²) in [4.78, 5) is 11.9. The molecule has 0 saturated carbocycles. The second kappa shape index (κ2) is 8.49. The zero-order chi connectivity index (χ0) is 17.6. The van der Waals surface area contributed by atoms with E-state index in [1.165, 1.54) is 42.7 Å². The van der Waals surface area contributed by atoms with Crippen molar-refractivity contribution in [3.63, 3.8) is 0 Å². The number of benzene rings is 1. The standard InChI is InChI=1S/C13H15ClN4O4S2/c1-22-8-12-17-18-13(23-12)16-11(19)6-7-15-24(20,21)10-4-2-9(14)3-5-10/h2-5,15H,6-8H2,1H3,(H,16,18,19). The smallest absolute Gasteiger partial charge is 0.240 e. The molecule has 0 spiro atoms. The van der Waals surface area contributed by atoms with Crippen molar-refractivity contribution >= 4 is 44.0 Å². The van der Waals surface area contributed by atoms with Crippen LogP contribution in [0, 0.1) is 0 Å². The number of hydrogen-bond acceptors (Lipinski definition) is 7. The highest BCUT2D eigenvalue weighted by Gasteiger charge is 2.14. The first kappa shape index (κ1) is 18.7. The molecular formula is C13H15ClN4O4S2. The molecule has 8 nitrogen and oxygen atoms in total. The lowest BCUT2D eigenvalue weighted by Gasteiger charge is -2.06. The van der Waals surface area contributed by atoms with Crippen LogP contribution in [0.4, 0.5) is 5.13 Å². The average Bonchev–Trinajstić information content (AvgIpc) is 2.95. The molecule has 130 valence electrons. The Labute approximate surface area is 148 Å². The normalized spacial score (nSPS) is 11.4. The minimum absolute atomic E-state index is 0.0357. The zero-order valence-electron chi connectivity index (χ0n) is 12.7. The summed E-state index contributed by atoms with van der Waals surface area (Å²) < 4.78 is 31.3. The minimum Gasteiger partial charge on any atom is -0.377 e. The number of nitrogens with one attached hydrogen (secondary N) is 2. The molecule has 1 heterocycles. The first-order chi connectivity index (χ1) is 11.4. The lowest BCUT2D eigenvalue weighted by atomic mass is 10.4. The maximum absolute atomic E-state index is 12.0. The highest BCUT2D eigenvalue weighted by Crippen LogP contribution is 2.16. The molecule has 0 unspecified atom stereocenters. The third-order valence-electron chi connectivity index (χ3n) is 2.75. The number of anilines is 1. The van der Waals surface area contributed by atoms with Crippen molar-refractivity contribution in [1.29, 1.82) is 0 Å². The summed E-state index contributed by atoms with van der Waals surface area (Å²) in [6, 6.07) is 5.75. The fourth-order valence-corrected chi connectivity index (χ4v) is 3.55. The summed E-state index contributed by atoms with van der Waals surface area (Å²) in [5.41, 5.74) is 0. The molecule has 0 fully saturated rings. The van der Waals surface area contributed by atoms with Crippen LogP contribution in [-0.4, -0.2) is 38.2 Å². The first-order valence-corrected chi connectivity index (χ1v) is 9.45. The molecule has 11 heteroatoms. The Morgan fingerprint density at radius 3 is 2.67 bits per heavy atom. The van der Waals surface area contributed by atoms with Crippen LogP contribution in [0.15, 0.2) is 29.2 Å². The molecular weight excluding hydrogens is 376 g/mol. The van der Waals surface area contributed by atoms with Gasteiger partial charge in [0.25, 0.3) is 0 Å². The lowest BCUT2D eigenvalue weighted by molar-refractivity contribution is -0.116. The lowest BCUT2D eigenvalue weighted by Crippen LogP contribution is -2.27. The summed E-state index contributed by atoms with van der Waals surface area (Å²) in [6.45, 7) is 0.273. The van der Waals surface area contributed by atoms with Crippen LogP contribution < -0.4 is 10.0 Å². The predicted molar refractivity (Wildman–Crippen MR) is 90.5 cm³/mol. The summed E-state index contributed by atoms with van der Waals surface area (Å²) >= 11 is 6.91. The van der Waals surface area contributed by atoms with E-state index in [1.54, 1.807) is 0 Å². The maximum atomic E-state index is 12.0. The molecule has 0 saturated heterocycles. The monoisotopic (exact) mass is 390 g/mol. The molecule has 0 aliphatic rings. The van der Waals surface area contributed by atoms with Crippen molar-refractivity contribution < 1.29 is 17.9 Å². The van der Waals surface area contributed by atoms with Crippen molar-refractivity contribution in [2.75, 3.05) is 19.0 Å². The van der Waals surface area contributed by atoms with Crippen LogP contribution >= 0.6 is 22.9 Å². The van der Waals surface area contributed by atoms with E-state index in [4.69, 9.17) is 16.3 Å². The van der Waals surface area contributed by atoms with Gasteiger partial charge in [0.05, 0.1) is 4.90 Å². The van der Waals surface area contributed by atoms with Crippen LogP contribution in [0.3, 0.4) is 0 Å². The topological polar surface area (TPSA) is 110 Å². The Morgan fingerprint density at radius 2 is 2.00 bits per heavy atom. The van der Waals surface area contributed by atoms with Gasteiger partial charge in [0.1, 0.15) is 11.6 Å². The quantitative estimate of drug-likeness (QED) is 0.709. The van der Waals surface area contributed by atoms with Gasteiger partial charge in [-0.15, -0.1) is 10.2 Å². The average molecular weight is 391 g/mol. The second-order valence-electron chi connectivity index (χ2n) is 4.58. The number of hydrogen-bond donors (Lipinski definition) is 2. The number of carbonyl (C=O) groups excluding carboxylic acids is 1. The van der Waals surface area contributed by atoms with Gasteiger partial charge in [0, 0.05) is 25.1 Å². The largest absolute Gasteiger partial charge is 0.377 e. The maximum Gasteiger partial charge on any atom is 0.240 e. The van der Waals surface area contributed by atoms with Gasteiger partial charge >= 0.3 is 0 Å². The number of rotatable bonds is 8. The Morgan fingerprint density at radius 1 is 1.29 bits per heavy atom. The van der Waals surface area contributed by atoms with Gasteiger partial charge < -0.3 is 10.1 Å². The molecule has 0 radical (unpaired) electrons. The van der Waals surface area contributed by atoms with E-state index in [0.29, 0.717) is 21.8 Å². The van der Waals surface area contributed by atoms with Gasteiger partial charge in [-0.25, -0.2) is 13.1 Å². The van der Waals surface area contributed by atoms with E-state index >= 15 is 0 Å². The third-order valence-corrected chi connectivity index (χ3v) is 5.29. The van der Waals surface area contributed by atoms with Crippen LogP contribution in [0.5, 0.6) is 0 Å². The fourth-order valence-electron chi connectivity index (χ4n) is 1.66. The van der Waals surface area contributed by atoms with E-state index in [0.717, 1.165) is 0 Å². The summed E-state index contributed by atoms with van der Waals surface area (Å²) in [5.74, 6) is -0.367. The van der Waals surface area contributed by atoms with Gasteiger partial charge in [-0.3, -0.25) is 4.79 Å². The number of aromatic nitrogens is 2. The Hall–Kier alpha value is -1.59. The van der Waals surface area contributed by atoms with Crippen LogP contribution in [0.2, 0.25) is 5.02 Å². The number of methoxy groups -OCH3 is 1. The van der Waals surface area contributed by atoms with Gasteiger partial charge in [-0.1, -0.05) is 22.9 Å². The van der Waals surface area contributed by atoms with Crippen molar-refractivity contribution in [2.45, 2.75) is 17.9 Å². The molecule has 0 aliphatic heterocycles. The molecule has 2 N–H and O–H groups in total. The van der Waals surface area contributed by atoms with Crippen molar-refractivity contribution in [3.05, 3.63) is 34.3 Å². The summed E-state index contributed by atoms with van der Waals surface area (Å²) in [5, 5.41) is 11.6. The Kier molecular flexibility index (Phi) is 6.63. The van der Waals surface area contributed by atoms with Crippen molar-refractivity contribution in [3.8, 4) is 0 Å². The highest BCUT2D eigenvalue weighted by molar-refractivity contribution is 7.89. The number of halogens is 1. The summed E-state index contributed by atoms with van der Waals surface area (Å²) in [7, 11) is -2.15. The van der Waals surface area contributed by atoms with E-state index in [2.05, 4.69) is 20.2 Å². The molecule has 0 bridgehead atoms. The number of nitrogens with zero attached hydrogens (tertiary/aromatic N) is 2. The molecule has 2 rings (SSSR count). The van der Waals surface area contributed by atoms with Crippen LogP contribution in [0.1, 0.15) is 11.4 Å². The number of sulfonamides is 1. The first-order valence-electron chi connectivity index (χ1n) is 6.77. The van der Waals surface area contributed by atoms with Crippen LogP contribution in [-0.2, 0) is 26.2 Å². The van der Waals surface area contributed by atoms with Gasteiger partial charge in [-0.2, -0.15) is 0 Å². The molecule has 0 atom stereocenters. The van der Waals surface area contributed by atoms with Crippen molar-refractivity contribution in [2.24, 2.45) is 0 Å². The fraction of sp³-hybridized carbons (Fsp3) is 0.308. The van der Waals surface area contributed by atoms with E-state index in [-0.39, 0.29) is 23.8 Å². The SMILES string of the molecule is COCc1nnc(NC(=O)CCNS(=O)(=O)c2ccc(Cl)cc2)s1. The molecule has 0 aliphatic carbocycles. The van der Waals surface area contributed by atoms with Crippen molar-refractivity contribution in [1.82, 2.24) is 14.9 Å². The number of amides is 1. The Balaban J connectivity index is 1.82. The highest BCUT2D eigenvalue weighted by atomic mass is 35.5. The molecule has 1 aromatic carbocycles. The van der Waals surface area contributed by atoms with Gasteiger partial charge in [-0.05, 0) is 24.3 Å². The number of ether oxygens (including phenoxy) is 1. The molecule has 2 aromatic rings. The van der Waals surface area contributed by atoms with E-state index in [9.17, 15) is 13.2 Å². The second-order valence-corrected chi connectivity index (χ2v) is 7.85. The van der Waals surface area contributed by atoms with E-state index < -0.39 is 10.0 Å². The molecule has 1 amide bonds. The summed E-state index contributed by atoms with van der Waals surface area (Å²) in [6.07, 6.45) is -0.0357. The number of carbonyl (C=O) groups is 1. The third kappa shape index (κ3) is 5.49. The van der Waals surface area contributed by atoms with Gasteiger partial charge in [0.15, 0.2) is 0 Å². The minimum atomic E-state index is -3.68.